The summed E-state index contributed by atoms with van der Waals surface area (Å²) in [6.45, 7) is -0.360. The average molecular weight is 450 g/mol. The van der Waals surface area contributed by atoms with E-state index in [4.69, 9.17) is 19.3 Å². The number of aliphatic hydroxyl groups is 1. The summed E-state index contributed by atoms with van der Waals surface area (Å²) < 4.78 is 29.2. The van der Waals surface area contributed by atoms with Crippen molar-refractivity contribution in [1.29, 1.82) is 0 Å². The summed E-state index contributed by atoms with van der Waals surface area (Å²) in [5.41, 5.74) is -0.0335. The molecule has 0 spiro atoms. The van der Waals surface area contributed by atoms with Crippen LogP contribution in [0.25, 0.3) is 0 Å². The first-order valence-corrected chi connectivity index (χ1v) is 9.89. The molecule has 0 radical (unpaired) electrons. The maximum absolute atomic E-state index is 14.0. The van der Waals surface area contributed by atoms with Crippen molar-refractivity contribution in [2.75, 3.05) is 39.2 Å². The van der Waals surface area contributed by atoms with Gasteiger partial charge >= 0.3 is 11.9 Å². The minimum absolute atomic E-state index is 0.00834. The minimum Gasteiger partial charge on any atom is -0.466 e. The maximum atomic E-state index is 14.0. The van der Waals surface area contributed by atoms with E-state index in [1.54, 1.807) is 11.4 Å². The first kappa shape index (κ1) is 22.2. The highest BCUT2D eigenvalue weighted by atomic mass is 32.1. The number of nitrogens with zero attached hydrogens (tertiary/aromatic N) is 1. The molecule has 164 valence electrons. The third-order valence-corrected chi connectivity index (χ3v) is 5.25. The third-order valence-electron chi connectivity index (χ3n) is 4.37. The van der Waals surface area contributed by atoms with Gasteiger partial charge in [-0.05, 0) is 23.6 Å². The van der Waals surface area contributed by atoms with Gasteiger partial charge in [-0.15, -0.1) is 11.3 Å². The van der Waals surface area contributed by atoms with Gasteiger partial charge in [0, 0.05) is 12.6 Å². The number of thiophene rings is 1. The van der Waals surface area contributed by atoms with Crippen molar-refractivity contribution in [2.45, 2.75) is 0 Å². The smallest absolute Gasteiger partial charge is 0.351 e. The van der Waals surface area contributed by atoms with E-state index in [0.717, 1.165) is 23.5 Å². The van der Waals surface area contributed by atoms with Crippen LogP contribution in [0.2, 0.25) is 0 Å². The molecule has 2 aromatic rings. The maximum Gasteiger partial charge on any atom is 0.351 e. The van der Waals surface area contributed by atoms with E-state index < -0.39 is 23.7 Å². The molecule has 0 atom stereocenters. The molecular weight excluding hydrogens is 431 g/mol. The molecule has 3 rings (SSSR count). The number of hydrogen-bond donors (Lipinski definition) is 2. The summed E-state index contributed by atoms with van der Waals surface area (Å²) >= 11 is 1.11. The quantitative estimate of drug-likeness (QED) is 0.588. The number of esters is 2. The summed E-state index contributed by atoms with van der Waals surface area (Å²) in [7, 11) is 2.41. The van der Waals surface area contributed by atoms with Crippen LogP contribution in [0.1, 0.15) is 9.67 Å². The molecule has 11 heteroatoms. The standard InChI is InChI=1S/C20H19FN2O7S/c1-28-19(26)12-10-23(6-7-24)18(25)16(12)22-13-9-11(21)3-4-14(13)30-15-5-8-31-17(15)20(27)29-2/h3-5,8-9,22,24H,6-7,10H2,1-2H3. The number of aliphatic hydroxyl groups excluding tert-OH is 1. The van der Waals surface area contributed by atoms with Crippen molar-refractivity contribution >= 4 is 34.9 Å². The second-order valence-corrected chi connectivity index (χ2v) is 7.18. The summed E-state index contributed by atoms with van der Waals surface area (Å²) in [5.74, 6) is -2.21. The number of amides is 1. The normalized spacial score (nSPS) is 13.4. The highest BCUT2D eigenvalue weighted by Gasteiger charge is 2.35. The average Bonchev–Trinajstić information content (AvgIpc) is 3.34. The Morgan fingerprint density at radius 2 is 1.94 bits per heavy atom. The largest absolute Gasteiger partial charge is 0.466 e. The van der Waals surface area contributed by atoms with Crippen LogP contribution >= 0.6 is 11.3 Å². The van der Waals surface area contributed by atoms with Gasteiger partial charge in [0.15, 0.2) is 16.4 Å². The summed E-state index contributed by atoms with van der Waals surface area (Å²) in [6, 6.07) is 5.10. The van der Waals surface area contributed by atoms with Crippen LogP contribution in [0.3, 0.4) is 0 Å². The fourth-order valence-electron chi connectivity index (χ4n) is 2.91. The molecule has 0 saturated carbocycles. The fourth-order valence-corrected chi connectivity index (χ4v) is 3.64. The summed E-state index contributed by atoms with van der Waals surface area (Å²) in [4.78, 5) is 38.2. The molecule has 0 aliphatic carbocycles. The highest BCUT2D eigenvalue weighted by Crippen LogP contribution is 2.36. The van der Waals surface area contributed by atoms with Gasteiger partial charge in [0.1, 0.15) is 11.5 Å². The third kappa shape index (κ3) is 4.67. The van der Waals surface area contributed by atoms with Gasteiger partial charge in [0.2, 0.25) is 0 Å². The molecule has 9 nitrogen and oxygen atoms in total. The SMILES string of the molecule is COC(=O)C1=C(Nc2cc(F)ccc2Oc2ccsc2C(=O)OC)C(=O)N(CCO)C1. The topological polar surface area (TPSA) is 114 Å². The second-order valence-electron chi connectivity index (χ2n) is 6.27. The van der Waals surface area contributed by atoms with Crippen LogP contribution in [-0.2, 0) is 19.1 Å². The molecule has 0 saturated heterocycles. The second kappa shape index (κ2) is 9.58. The number of benzene rings is 1. The number of carbonyl (C=O) groups is 3. The number of β-amino-alcohol motifs (C(OH)–C–C–N with tert-alkyl or cyclic N) is 1. The molecule has 1 aliphatic heterocycles. The van der Waals surface area contributed by atoms with Crippen LogP contribution in [-0.4, -0.2) is 61.8 Å². The zero-order chi connectivity index (χ0) is 22.5. The number of nitrogens with one attached hydrogen (secondary N) is 1. The van der Waals surface area contributed by atoms with E-state index in [-0.39, 0.29) is 53.0 Å². The molecule has 31 heavy (non-hydrogen) atoms. The van der Waals surface area contributed by atoms with Crippen molar-refractivity contribution in [1.82, 2.24) is 4.90 Å². The van der Waals surface area contributed by atoms with Crippen LogP contribution in [0.15, 0.2) is 40.9 Å². The first-order valence-electron chi connectivity index (χ1n) is 9.01. The molecule has 0 fully saturated rings. The summed E-state index contributed by atoms with van der Waals surface area (Å²) in [6.07, 6.45) is 0. The Bertz CT molecular complexity index is 1050. The Labute approximate surface area is 180 Å². The van der Waals surface area contributed by atoms with Crippen LogP contribution in [0.4, 0.5) is 10.1 Å². The predicted octanol–water partition coefficient (Wildman–Crippen LogP) is 2.14. The highest BCUT2D eigenvalue weighted by molar-refractivity contribution is 7.12. The predicted molar refractivity (Wildman–Crippen MR) is 108 cm³/mol. The van der Waals surface area contributed by atoms with Crippen molar-refractivity contribution in [3.63, 3.8) is 0 Å². The lowest BCUT2D eigenvalue weighted by atomic mass is 10.2. The van der Waals surface area contributed by atoms with Gasteiger partial charge in [-0.1, -0.05) is 0 Å². The van der Waals surface area contributed by atoms with E-state index in [1.807, 2.05) is 0 Å². The molecule has 1 amide bonds. The molecule has 2 heterocycles. The molecule has 1 aliphatic rings. The number of halogens is 1. The van der Waals surface area contributed by atoms with Gasteiger partial charge < -0.3 is 29.5 Å². The zero-order valence-electron chi connectivity index (χ0n) is 16.6. The number of carbonyl (C=O) groups excluding carboxylic acids is 3. The van der Waals surface area contributed by atoms with Crippen molar-refractivity contribution < 1.29 is 38.1 Å². The molecule has 0 bridgehead atoms. The number of ether oxygens (including phenoxy) is 3. The van der Waals surface area contributed by atoms with Crippen LogP contribution in [0, 0.1) is 5.82 Å². The molecule has 0 unspecified atom stereocenters. The molecular formula is C20H19FN2O7S. The van der Waals surface area contributed by atoms with Crippen molar-refractivity contribution in [3.8, 4) is 11.5 Å². The Kier molecular flexibility index (Phi) is 6.88. The van der Waals surface area contributed by atoms with Gasteiger partial charge in [0.25, 0.3) is 5.91 Å². The van der Waals surface area contributed by atoms with Crippen LogP contribution in [0.5, 0.6) is 11.5 Å². The van der Waals surface area contributed by atoms with E-state index in [9.17, 15) is 18.8 Å². The Morgan fingerprint density at radius 3 is 2.61 bits per heavy atom. The first-order chi connectivity index (χ1) is 14.9. The lowest BCUT2D eigenvalue weighted by Crippen LogP contribution is -2.31. The monoisotopic (exact) mass is 450 g/mol. The lowest BCUT2D eigenvalue weighted by Gasteiger charge is -2.16. The van der Waals surface area contributed by atoms with E-state index >= 15 is 0 Å². The fraction of sp³-hybridized carbons (Fsp3) is 0.250. The zero-order valence-corrected chi connectivity index (χ0v) is 17.5. The lowest BCUT2D eigenvalue weighted by molar-refractivity contribution is -0.136. The van der Waals surface area contributed by atoms with Gasteiger partial charge in [-0.2, -0.15) is 0 Å². The van der Waals surface area contributed by atoms with E-state index in [2.05, 4.69) is 5.32 Å². The Morgan fingerprint density at radius 1 is 1.19 bits per heavy atom. The van der Waals surface area contributed by atoms with E-state index in [1.165, 1.54) is 25.2 Å². The molecule has 2 N–H and O–H groups in total. The van der Waals surface area contributed by atoms with Crippen molar-refractivity contribution in [2.24, 2.45) is 0 Å². The summed E-state index contributed by atoms with van der Waals surface area (Å²) in [5, 5.41) is 13.5. The van der Waals surface area contributed by atoms with Crippen LogP contribution < -0.4 is 10.1 Å². The van der Waals surface area contributed by atoms with E-state index in [0.29, 0.717) is 0 Å². The molecule has 1 aromatic heterocycles. The number of hydrogen-bond acceptors (Lipinski definition) is 9. The minimum atomic E-state index is -0.735. The number of rotatable bonds is 8. The molecule has 1 aromatic carbocycles. The van der Waals surface area contributed by atoms with Gasteiger partial charge in [0.05, 0.1) is 38.6 Å². The Balaban J connectivity index is 1.97. The van der Waals surface area contributed by atoms with Crippen molar-refractivity contribution in [3.05, 3.63) is 51.6 Å². The van der Waals surface area contributed by atoms with Gasteiger partial charge in [-0.25, -0.2) is 14.0 Å². The number of anilines is 1. The Hall–Kier alpha value is -3.44. The number of methoxy groups -OCH3 is 2. The van der Waals surface area contributed by atoms with Gasteiger partial charge in [-0.3, -0.25) is 4.79 Å².